The Morgan fingerprint density at radius 3 is 2.50 bits per heavy atom. The van der Waals surface area contributed by atoms with E-state index in [1.807, 2.05) is 0 Å². The van der Waals surface area contributed by atoms with Crippen LogP contribution in [-0.4, -0.2) is 23.3 Å². The molecule has 1 aliphatic carbocycles. The zero-order chi connectivity index (χ0) is 11.4. The first-order valence-electron chi connectivity index (χ1n) is 6.60. The molecule has 1 saturated heterocycles. The van der Waals surface area contributed by atoms with Crippen LogP contribution in [0.4, 0.5) is 0 Å². The highest BCUT2D eigenvalue weighted by atomic mass is 16.6. The minimum Gasteiger partial charge on any atom is -0.479 e. The van der Waals surface area contributed by atoms with Crippen LogP contribution in [0.15, 0.2) is 0 Å². The average Bonchev–Trinajstić information content (AvgIpc) is 3.07. The van der Waals surface area contributed by atoms with Gasteiger partial charge in [-0.25, -0.2) is 4.79 Å². The van der Waals surface area contributed by atoms with E-state index >= 15 is 0 Å². The molecule has 2 rings (SSSR count). The van der Waals surface area contributed by atoms with Gasteiger partial charge in [0.05, 0.1) is 6.61 Å². The predicted octanol–water partition coefficient (Wildman–Crippen LogP) is 2.98. The van der Waals surface area contributed by atoms with Crippen LogP contribution in [0.5, 0.6) is 0 Å². The fourth-order valence-corrected chi connectivity index (χ4v) is 2.78. The second-order valence-corrected chi connectivity index (χ2v) is 5.34. The topological polar surface area (TPSA) is 49.8 Å². The zero-order valence-corrected chi connectivity index (χ0v) is 9.91. The molecular formula is C13H22O3. The highest BCUT2D eigenvalue weighted by Crippen LogP contribution is 2.34. The van der Waals surface area contributed by atoms with Gasteiger partial charge in [-0.3, -0.25) is 0 Å². The molecule has 1 aliphatic heterocycles. The third-order valence-electron chi connectivity index (χ3n) is 4.05. The molecule has 1 atom stereocenters. The van der Waals surface area contributed by atoms with E-state index in [0.717, 1.165) is 12.3 Å². The van der Waals surface area contributed by atoms with E-state index < -0.39 is 11.6 Å². The van der Waals surface area contributed by atoms with Crippen LogP contribution in [0.1, 0.15) is 57.8 Å². The Morgan fingerprint density at radius 1 is 1.25 bits per heavy atom. The number of rotatable bonds is 6. The standard InChI is InChI=1S/C13H22O3/c14-12(15)13(10-16-13)9-5-4-8-11-6-2-1-3-7-11/h11H,1-10H2,(H,14,15). The molecule has 0 aromatic carbocycles. The lowest BCUT2D eigenvalue weighted by Gasteiger charge is -2.21. The molecule has 0 amide bonds. The van der Waals surface area contributed by atoms with Crippen LogP contribution in [0.25, 0.3) is 0 Å². The molecule has 1 heterocycles. The number of carboxylic acid groups (broad SMARTS) is 1. The first-order valence-corrected chi connectivity index (χ1v) is 6.60. The van der Waals surface area contributed by atoms with Gasteiger partial charge in [-0.05, 0) is 18.8 Å². The Hall–Kier alpha value is -0.570. The van der Waals surface area contributed by atoms with Crippen LogP contribution in [0.2, 0.25) is 0 Å². The van der Waals surface area contributed by atoms with Crippen molar-refractivity contribution in [2.75, 3.05) is 6.61 Å². The molecule has 1 saturated carbocycles. The van der Waals surface area contributed by atoms with Gasteiger partial charge in [0, 0.05) is 0 Å². The minimum absolute atomic E-state index is 0.422. The van der Waals surface area contributed by atoms with Gasteiger partial charge in [0.2, 0.25) is 0 Å². The van der Waals surface area contributed by atoms with Crippen molar-refractivity contribution in [3.05, 3.63) is 0 Å². The highest BCUT2D eigenvalue weighted by molar-refractivity contribution is 5.80. The highest BCUT2D eigenvalue weighted by Gasteiger charge is 2.51. The summed E-state index contributed by atoms with van der Waals surface area (Å²) in [4.78, 5) is 10.9. The largest absolute Gasteiger partial charge is 0.479 e. The van der Waals surface area contributed by atoms with Crippen LogP contribution >= 0.6 is 0 Å². The number of ether oxygens (including phenoxy) is 1. The Kier molecular flexibility index (Phi) is 3.85. The van der Waals surface area contributed by atoms with Crippen LogP contribution < -0.4 is 0 Å². The van der Waals surface area contributed by atoms with E-state index in [1.165, 1.54) is 44.9 Å². The smallest absolute Gasteiger partial charge is 0.338 e. The van der Waals surface area contributed by atoms with Crippen LogP contribution in [0, 0.1) is 5.92 Å². The first kappa shape index (κ1) is 11.9. The number of hydrogen-bond acceptors (Lipinski definition) is 2. The summed E-state index contributed by atoms with van der Waals surface area (Å²) in [6, 6.07) is 0. The number of epoxide rings is 1. The summed E-state index contributed by atoms with van der Waals surface area (Å²) < 4.78 is 5.05. The SMILES string of the molecule is O=C(O)C1(CCCCC2CCCCC2)CO1. The summed E-state index contributed by atoms with van der Waals surface area (Å²) in [7, 11) is 0. The molecule has 0 aromatic heterocycles. The second-order valence-electron chi connectivity index (χ2n) is 5.34. The molecule has 2 aliphatic rings. The third kappa shape index (κ3) is 2.97. The van der Waals surface area contributed by atoms with Gasteiger partial charge in [-0.2, -0.15) is 0 Å². The van der Waals surface area contributed by atoms with E-state index in [9.17, 15) is 4.79 Å². The quantitative estimate of drug-likeness (QED) is 0.559. The molecule has 1 N–H and O–H groups in total. The molecule has 0 bridgehead atoms. The van der Waals surface area contributed by atoms with Gasteiger partial charge in [0.1, 0.15) is 0 Å². The van der Waals surface area contributed by atoms with E-state index in [4.69, 9.17) is 9.84 Å². The van der Waals surface area contributed by atoms with Gasteiger partial charge in [-0.15, -0.1) is 0 Å². The van der Waals surface area contributed by atoms with Gasteiger partial charge >= 0.3 is 5.97 Å². The van der Waals surface area contributed by atoms with Gasteiger partial charge in [-0.1, -0.05) is 44.9 Å². The van der Waals surface area contributed by atoms with E-state index in [-0.39, 0.29) is 0 Å². The lowest BCUT2D eigenvalue weighted by Crippen LogP contribution is -2.23. The summed E-state index contributed by atoms with van der Waals surface area (Å²) in [5.41, 5.74) is -0.785. The van der Waals surface area contributed by atoms with E-state index in [0.29, 0.717) is 13.0 Å². The fraction of sp³-hybridized carbons (Fsp3) is 0.923. The number of aliphatic carboxylic acids is 1. The van der Waals surface area contributed by atoms with Gasteiger partial charge < -0.3 is 9.84 Å². The van der Waals surface area contributed by atoms with Crippen molar-refractivity contribution in [1.82, 2.24) is 0 Å². The average molecular weight is 226 g/mol. The van der Waals surface area contributed by atoms with E-state index in [1.54, 1.807) is 0 Å². The summed E-state index contributed by atoms with van der Waals surface area (Å²) in [6.45, 7) is 0.422. The number of carboxylic acids is 1. The maximum absolute atomic E-state index is 10.9. The number of unbranched alkanes of at least 4 members (excludes halogenated alkanes) is 1. The fourth-order valence-electron chi connectivity index (χ4n) is 2.78. The summed E-state index contributed by atoms with van der Waals surface area (Å²) >= 11 is 0. The Morgan fingerprint density at radius 2 is 1.94 bits per heavy atom. The summed E-state index contributed by atoms with van der Waals surface area (Å²) in [5, 5.41) is 8.93. The molecular weight excluding hydrogens is 204 g/mol. The summed E-state index contributed by atoms with van der Waals surface area (Å²) in [5.74, 6) is 0.139. The van der Waals surface area contributed by atoms with Gasteiger partial charge in [0.25, 0.3) is 0 Å². The Balaban J connectivity index is 1.56. The van der Waals surface area contributed by atoms with Crippen LogP contribution in [0.3, 0.4) is 0 Å². The van der Waals surface area contributed by atoms with Gasteiger partial charge in [0.15, 0.2) is 5.60 Å². The molecule has 92 valence electrons. The molecule has 1 unspecified atom stereocenters. The molecule has 3 heteroatoms. The monoisotopic (exact) mass is 226 g/mol. The van der Waals surface area contributed by atoms with Crippen LogP contribution in [-0.2, 0) is 9.53 Å². The molecule has 3 nitrogen and oxygen atoms in total. The van der Waals surface area contributed by atoms with Crippen molar-refractivity contribution < 1.29 is 14.6 Å². The maximum atomic E-state index is 10.9. The zero-order valence-electron chi connectivity index (χ0n) is 9.91. The van der Waals surface area contributed by atoms with Crippen molar-refractivity contribution in [3.63, 3.8) is 0 Å². The first-order chi connectivity index (χ1) is 7.73. The molecule has 16 heavy (non-hydrogen) atoms. The Bertz CT molecular complexity index is 240. The lowest BCUT2D eigenvalue weighted by molar-refractivity contribution is -0.143. The van der Waals surface area contributed by atoms with Crippen molar-refractivity contribution in [2.45, 2.75) is 63.4 Å². The normalized spacial score (nSPS) is 30.2. The summed E-state index contributed by atoms with van der Waals surface area (Å²) in [6.07, 6.45) is 11.1. The molecule has 0 radical (unpaired) electrons. The minimum atomic E-state index is -0.785. The maximum Gasteiger partial charge on any atom is 0.338 e. The molecule has 0 aromatic rings. The number of hydrogen-bond donors (Lipinski definition) is 1. The molecule has 0 spiro atoms. The van der Waals surface area contributed by atoms with Crippen molar-refractivity contribution in [3.8, 4) is 0 Å². The number of carbonyl (C=O) groups is 1. The molecule has 2 fully saturated rings. The van der Waals surface area contributed by atoms with Crippen molar-refractivity contribution in [2.24, 2.45) is 5.92 Å². The second kappa shape index (κ2) is 5.17. The van der Waals surface area contributed by atoms with Crippen molar-refractivity contribution >= 4 is 5.97 Å². The van der Waals surface area contributed by atoms with Crippen molar-refractivity contribution in [1.29, 1.82) is 0 Å². The lowest BCUT2D eigenvalue weighted by atomic mass is 9.85. The predicted molar refractivity (Wildman–Crippen MR) is 61.4 cm³/mol. The third-order valence-corrected chi connectivity index (χ3v) is 4.05. The Labute approximate surface area is 97.2 Å². The van der Waals surface area contributed by atoms with E-state index in [2.05, 4.69) is 0 Å².